The molecular formula is C11H9FN2O2S. The molecule has 0 fully saturated rings. The second-order valence-corrected chi connectivity index (χ2v) is 4.38. The van der Waals surface area contributed by atoms with Gasteiger partial charge < -0.3 is 9.67 Å². The molecule has 0 atom stereocenters. The summed E-state index contributed by atoms with van der Waals surface area (Å²) in [5, 5.41) is 9.36. The van der Waals surface area contributed by atoms with Crippen LogP contribution in [0.1, 0.15) is 10.4 Å². The summed E-state index contributed by atoms with van der Waals surface area (Å²) in [7, 11) is 1.80. The first kappa shape index (κ1) is 11.7. The van der Waals surface area contributed by atoms with E-state index in [1.807, 2.05) is 0 Å². The molecule has 0 saturated heterocycles. The first-order valence-electron chi connectivity index (χ1n) is 4.76. The zero-order valence-electron chi connectivity index (χ0n) is 8.92. The predicted molar refractivity (Wildman–Crippen MR) is 60.7 cm³/mol. The van der Waals surface area contributed by atoms with Gasteiger partial charge in [-0.2, -0.15) is 0 Å². The van der Waals surface area contributed by atoms with Gasteiger partial charge in [-0.25, -0.2) is 14.2 Å². The normalized spacial score (nSPS) is 10.5. The minimum Gasteiger partial charge on any atom is -0.478 e. The van der Waals surface area contributed by atoms with Gasteiger partial charge in [0.1, 0.15) is 5.82 Å². The second kappa shape index (κ2) is 4.58. The third-order valence-corrected chi connectivity index (χ3v) is 3.28. The van der Waals surface area contributed by atoms with Crippen molar-refractivity contribution < 1.29 is 14.3 Å². The van der Waals surface area contributed by atoms with Crippen LogP contribution >= 0.6 is 11.8 Å². The maximum absolute atomic E-state index is 13.6. The monoisotopic (exact) mass is 252 g/mol. The lowest BCUT2D eigenvalue weighted by Gasteiger charge is -2.03. The Bertz CT molecular complexity index is 568. The summed E-state index contributed by atoms with van der Waals surface area (Å²) >= 11 is 1.15. The number of nitrogens with zero attached hydrogens (tertiary/aromatic N) is 2. The third-order valence-electron chi connectivity index (χ3n) is 2.16. The molecule has 2 rings (SSSR count). The van der Waals surface area contributed by atoms with Crippen LogP contribution in [0.2, 0.25) is 0 Å². The van der Waals surface area contributed by atoms with Crippen molar-refractivity contribution in [1.82, 2.24) is 9.55 Å². The highest BCUT2D eigenvalue weighted by Gasteiger charge is 2.11. The van der Waals surface area contributed by atoms with Crippen LogP contribution in [0.4, 0.5) is 4.39 Å². The number of benzene rings is 1. The molecule has 1 N–H and O–H groups in total. The van der Waals surface area contributed by atoms with Crippen molar-refractivity contribution >= 4 is 17.7 Å². The Morgan fingerprint density at radius 3 is 2.82 bits per heavy atom. The van der Waals surface area contributed by atoms with Crippen molar-refractivity contribution in [1.29, 1.82) is 0 Å². The Labute approximate surface area is 101 Å². The highest BCUT2D eigenvalue weighted by molar-refractivity contribution is 7.99. The van der Waals surface area contributed by atoms with Gasteiger partial charge in [0, 0.05) is 19.4 Å². The van der Waals surface area contributed by atoms with E-state index in [1.165, 1.54) is 12.1 Å². The predicted octanol–water partition coefficient (Wildman–Crippen LogP) is 2.41. The molecule has 0 aliphatic heterocycles. The average Bonchev–Trinajstić information content (AvgIpc) is 2.67. The van der Waals surface area contributed by atoms with Gasteiger partial charge in [-0.1, -0.05) is 0 Å². The van der Waals surface area contributed by atoms with Crippen molar-refractivity contribution in [3.05, 3.63) is 42.0 Å². The Kier molecular flexibility index (Phi) is 3.14. The molecule has 0 aliphatic carbocycles. The number of hydrogen-bond acceptors (Lipinski definition) is 3. The quantitative estimate of drug-likeness (QED) is 0.911. The van der Waals surface area contributed by atoms with Gasteiger partial charge in [-0.3, -0.25) is 0 Å². The first-order chi connectivity index (χ1) is 8.08. The SMILES string of the molecule is Cn1ccnc1Sc1ccc(C(=O)O)cc1F. The average molecular weight is 252 g/mol. The van der Waals surface area contributed by atoms with E-state index in [-0.39, 0.29) is 5.56 Å². The molecule has 0 unspecified atom stereocenters. The van der Waals surface area contributed by atoms with E-state index in [2.05, 4.69) is 4.98 Å². The first-order valence-corrected chi connectivity index (χ1v) is 5.57. The van der Waals surface area contributed by atoms with E-state index in [0.717, 1.165) is 17.8 Å². The maximum Gasteiger partial charge on any atom is 0.335 e. The number of carboxylic acid groups (broad SMARTS) is 1. The molecule has 1 aromatic carbocycles. The highest BCUT2D eigenvalue weighted by atomic mass is 32.2. The van der Waals surface area contributed by atoms with Gasteiger partial charge in [-0.15, -0.1) is 0 Å². The van der Waals surface area contributed by atoms with Crippen LogP contribution in [-0.2, 0) is 7.05 Å². The molecule has 0 aliphatic rings. The number of carboxylic acids is 1. The summed E-state index contributed by atoms with van der Waals surface area (Å²) in [5.41, 5.74) is -0.0632. The van der Waals surface area contributed by atoms with E-state index < -0.39 is 11.8 Å². The van der Waals surface area contributed by atoms with Crippen LogP contribution < -0.4 is 0 Å². The summed E-state index contributed by atoms with van der Waals surface area (Å²) in [6, 6.07) is 3.82. The Morgan fingerprint density at radius 2 is 2.29 bits per heavy atom. The summed E-state index contributed by atoms with van der Waals surface area (Å²) < 4.78 is 15.4. The van der Waals surface area contributed by atoms with Crippen LogP contribution in [0.5, 0.6) is 0 Å². The lowest BCUT2D eigenvalue weighted by Crippen LogP contribution is -1.97. The molecule has 0 bridgehead atoms. The number of halogens is 1. The molecule has 17 heavy (non-hydrogen) atoms. The van der Waals surface area contributed by atoms with Crippen molar-refractivity contribution in [3.63, 3.8) is 0 Å². The molecule has 2 aromatic rings. The van der Waals surface area contributed by atoms with Crippen molar-refractivity contribution in [2.75, 3.05) is 0 Å². The van der Waals surface area contributed by atoms with Crippen LogP contribution in [0.15, 0.2) is 40.6 Å². The number of imidazole rings is 1. The standard InChI is InChI=1S/C11H9FN2O2S/c1-14-5-4-13-11(14)17-9-3-2-7(10(15)16)6-8(9)12/h2-6H,1H3,(H,15,16). The molecule has 4 nitrogen and oxygen atoms in total. The lowest BCUT2D eigenvalue weighted by molar-refractivity contribution is 0.0696. The van der Waals surface area contributed by atoms with Crippen LogP contribution in [0.3, 0.4) is 0 Å². The molecule has 0 amide bonds. The molecule has 0 spiro atoms. The third kappa shape index (κ3) is 2.47. The van der Waals surface area contributed by atoms with Crippen LogP contribution in [0.25, 0.3) is 0 Å². The smallest absolute Gasteiger partial charge is 0.335 e. The fraction of sp³-hybridized carbons (Fsp3) is 0.0909. The van der Waals surface area contributed by atoms with E-state index in [1.54, 1.807) is 24.0 Å². The van der Waals surface area contributed by atoms with E-state index in [0.29, 0.717) is 10.1 Å². The zero-order chi connectivity index (χ0) is 12.4. The maximum atomic E-state index is 13.6. The molecule has 1 heterocycles. The molecule has 0 saturated carbocycles. The van der Waals surface area contributed by atoms with Crippen molar-refractivity contribution in [3.8, 4) is 0 Å². The van der Waals surface area contributed by atoms with Gasteiger partial charge in [0.05, 0.1) is 10.5 Å². The molecule has 6 heteroatoms. The van der Waals surface area contributed by atoms with Gasteiger partial charge in [-0.05, 0) is 30.0 Å². The minimum atomic E-state index is -1.14. The van der Waals surface area contributed by atoms with Crippen LogP contribution in [-0.4, -0.2) is 20.6 Å². The fourth-order valence-corrected chi connectivity index (χ4v) is 2.07. The number of aryl methyl sites for hydroxylation is 1. The van der Waals surface area contributed by atoms with Gasteiger partial charge >= 0.3 is 5.97 Å². The fourth-order valence-electron chi connectivity index (χ4n) is 1.27. The van der Waals surface area contributed by atoms with Gasteiger partial charge in [0.25, 0.3) is 0 Å². The molecule has 1 aromatic heterocycles. The zero-order valence-corrected chi connectivity index (χ0v) is 9.74. The van der Waals surface area contributed by atoms with E-state index in [9.17, 15) is 9.18 Å². The molecule has 88 valence electrons. The summed E-state index contributed by atoms with van der Waals surface area (Å²) in [6.45, 7) is 0. The summed E-state index contributed by atoms with van der Waals surface area (Å²) in [5.74, 6) is -1.70. The summed E-state index contributed by atoms with van der Waals surface area (Å²) in [4.78, 5) is 15.0. The van der Waals surface area contributed by atoms with E-state index in [4.69, 9.17) is 5.11 Å². The van der Waals surface area contributed by atoms with Crippen molar-refractivity contribution in [2.24, 2.45) is 7.05 Å². The Hall–Kier alpha value is -1.82. The highest BCUT2D eigenvalue weighted by Crippen LogP contribution is 2.28. The molecular weight excluding hydrogens is 243 g/mol. The molecule has 0 radical (unpaired) electrons. The van der Waals surface area contributed by atoms with Gasteiger partial charge in [0.15, 0.2) is 5.16 Å². The summed E-state index contributed by atoms with van der Waals surface area (Å²) in [6.07, 6.45) is 3.37. The number of aromatic carboxylic acids is 1. The largest absolute Gasteiger partial charge is 0.478 e. The number of carbonyl (C=O) groups is 1. The van der Waals surface area contributed by atoms with Crippen molar-refractivity contribution in [2.45, 2.75) is 10.1 Å². The Balaban J connectivity index is 2.29. The lowest BCUT2D eigenvalue weighted by atomic mass is 10.2. The number of hydrogen-bond donors (Lipinski definition) is 1. The second-order valence-electron chi connectivity index (χ2n) is 3.37. The van der Waals surface area contributed by atoms with E-state index >= 15 is 0 Å². The van der Waals surface area contributed by atoms with Crippen LogP contribution in [0, 0.1) is 5.82 Å². The number of rotatable bonds is 3. The number of aromatic nitrogens is 2. The Morgan fingerprint density at radius 1 is 1.53 bits per heavy atom. The minimum absolute atomic E-state index is 0.0632. The van der Waals surface area contributed by atoms with Gasteiger partial charge in [0.2, 0.25) is 0 Å². The topological polar surface area (TPSA) is 55.1 Å².